The van der Waals surface area contributed by atoms with E-state index in [2.05, 4.69) is 4.98 Å². The van der Waals surface area contributed by atoms with Crippen LogP contribution in [-0.4, -0.2) is 4.98 Å². The number of benzene rings is 1. The van der Waals surface area contributed by atoms with Gasteiger partial charge in [0, 0.05) is 22.8 Å². The lowest BCUT2D eigenvalue weighted by atomic mass is 10.2. The summed E-state index contributed by atoms with van der Waals surface area (Å²) in [7, 11) is 0. The van der Waals surface area contributed by atoms with Gasteiger partial charge in [-0.15, -0.1) is 0 Å². The number of nitriles is 1. The largest absolute Gasteiger partial charge is 0.457 e. The van der Waals surface area contributed by atoms with Crippen LogP contribution >= 0.6 is 11.6 Å². The standard InChI is InChI=1S/C14H11ClN2O2/c1-2-10-8-17-14(18)6-13(10)19-12-4-9(7-16)3-11(15)5-12/h3-6,8H,2H2,1H3,(H,17,18). The molecule has 0 spiro atoms. The number of ether oxygens (including phenoxy) is 1. The van der Waals surface area contributed by atoms with Crippen LogP contribution in [0.25, 0.3) is 0 Å². The Labute approximate surface area is 115 Å². The van der Waals surface area contributed by atoms with Crippen molar-refractivity contribution >= 4 is 11.6 Å². The quantitative estimate of drug-likeness (QED) is 0.934. The molecule has 2 rings (SSSR count). The fourth-order valence-corrected chi connectivity index (χ4v) is 1.89. The predicted molar refractivity (Wildman–Crippen MR) is 72.7 cm³/mol. The molecule has 0 saturated carbocycles. The van der Waals surface area contributed by atoms with Crippen LogP contribution in [-0.2, 0) is 6.42 Å². The molecule has 0 fully saturated rings. The van der Waals surface area contributed by atoms with E-state index in [1.807, 2.05) is 13.0 Å². The van der Waals surface area contributed by atoms with Crippen LogP contribution in [0.2, 0.25) is 5.02 Å². The second-order valence-electron chi connectivity index (χ2n) is 3.93. The van der Waals surface area contributed by atoms with Gasteiger partial charge in [-0.25, -0.2) is 0 Å². The molecule has 0 radical (unpaired) electrons. The molecule has 0 amide bonds. The zero-order chi connectivity index (χ0) is 13.8. The summed E-state index contributed by atoms with van der Waals surface area (Å²) in [6.07, 6.45) is 2.34. The molecule has 0 atom stereocenters. The first kappa shape index (κ1) is 13.2. The molecule has 1 aromatic heterocycles. The van der Waals surface area contributed by atoms with Gasteiger partial charge in [0.05, 0.1) is 11.6 Å². The summed E-state index contributed by atoms with van der Waals surface area (Å²) in [6.45, 7) is 1.96. The number of pyridine rings is 1. The predicted octanol–water partition coefficient (Wildman–Crippen LogP) is 3.25. The summed E-state index contributed by atoms with van der Waals surface area (Å²) in [5.74, 6) is 0.904. The van der Waals surface area contributed by atoms with Crippen LogP contribution in [0.1, 0.15) is 18.1 Å². The lowest BCUT2D eigenvalue weighted by Crippen LogP contribution is -2.05. The third-order valence-electron chi connectivity index (χ3n) is 2.58. The number of nitrogens with zero attached hydrogens (tertiary/aromatic N) is 1. The summed E-state index contributed by atoms with van der Waals surface area (Å²) in [4.78, 5) is 13.9. The van der Waals surface area contributed by atoms with Crippen molar-refractivity contribution in [2.45, 2.75) is 13.3 Å². The summed E-state index contributed by atoms with van der Waals surface area (Å²) in [6, 6.07) is 8.11. The Balaban J connectivity index is 2.41. The van der Waals surface area contributed by atoms with Crippen molar-refractivity contribution in [1.29, 1.82) is 5.26 Å². The smallest absolute Gasteiger partial charge is 0.251 e. The summed E-state index contributed by atoms with van der Waals surface area (Å²) in [5.41, 5.74) is 1.04. The Morgan fingerprint density at radius 2 is 2.16 bits per heavy atom. The maximum atomic E-state index is 11.3. The maximum absolute atomic E-state index is 11.3. The molecular weight excluding hydrogens is 264 g/mol. The van der Waals surface area contributed by atoms with E-state index in [9.17, 15) is 4.79 Å². The molecule has 0 unspecified atom stereocenters. The van der Waals surface area contributed by atoms with Crippen LogP contribution in [0, 0.1) is 11.3 Å². The highest BCUT2D eigenvalue weighted by molar-refractivity contribution is 6.30. The first-order chi connectivity index (χ1) is 9.12. The molecule has 1 heterocycles. The highest BCUT2D eigenvalue weighted by Crippen LogP contribution is 2.27. The lowest BCUT2D eigenvalue weighted by Gasteiger charge is -2.09. The monoisotopic (exact) mass is 274 g/mol. The molecule has 0 saturated heterocycles. The zero-order valence-electron chi connectivity index (χ0n) is 10.2. The highest BCUT2D eigenvalue weighted by Gasteiger charge is 2.06. The zero-order valence-corrected chi connectivity index (χ0v) is 11.0. The molecule has 0 aliphatic heterocycles. The molecule has 4 nitrogen and oxygen atoms in total. The van der Waals surface area contributed by atoms with Crippen LogP contribution < -0.4 is 10.3 Å². The van der Waals surface area contributed by atoms with Gasteiger partial charge in [0.2, 0.25) is 0 Å². The normalized spacial score (nSPS) is 9.95. The summed E-state index contributed by atoms with van der Waals surface area (Å²) >= 11 is 5.90. The number of halogens is 1. The third kappa shape index (κ3) is 3.15. The third-order valence-corrected chi connectivity index (χ3v) is 2.79. The topological polar surface area (TPSA) is 65.9 Å². The molecule has 0 aliphatic carbocycles. The first-order valence-electron chi connectivity index (χ1n) is 5.72. The number of hydrogen-bond donors (Lipinski definition) is 1. The number of nitrogens with one attached hydrogen (secondary N) is 1. The Hall–Kier alpha value is -2.25. The van der Waals surface area contributed by atoms with Crippen molar-refractivity contribution in [3.05, 3.63) is 57.0 Å². The molecule has 5 heteroatoms. The Morgan fingerprint density at radius 1 is 1.37 bits per heavy atom. The molecule has 1 aromatic carbocycles. The van der Waals surface area contributed by atoms with Gasteiger partial charge in [0.15, 0.2) is 0 Å². The van der Waals surface area contributed by atoms with Crippen molar-refractivity contribution in [3.8, 4) is 17.6 Å². The molecule has 96 valence electrons. The number of aryl methyl sites for hydroxylation is 1. The van der Waals surface area contributed by atoms with Crippen LogP contribution in [0.4, 0.5) is 0 Å². The number of aromatic nitrogens is 1. The van der Waals surface area contributed by atoms with Crippen molar-refractivity contribution in [2.24, 2.45) is 0 Å². The van der Waals surface area contributed by atoms with Gasteiger partial charge in [0.25, 0.3) is 5.56 Å². The number of hydrogen-bond acceptors (Lipinski definition) is 3. The van der Waals surface area contributed by atoms with Crippen molar-refractivity contribution in [1.82, 2.24) is 4.98 Å². The average molecular weight is 275 g/mol. The van der Waals surface area contributed by atoms with Crippen molar-refractivity contribution in [3.63, 3.8) is 0 Å². The molecule has 0 bridgehead atoms. The number of rotatable bonds is 3. The van der Waals surface area contributed by atoms with Crippen LogP contribution in [0.5, 0.6) is 11.5 Å². The first-order valence-corrected chi connectivity index (χ1v) is 6.10. The van der Waals surface area contributed by atoms with Crippen molar-refractivity contribution < 1.29 is 4.74 Å². The number of H-pyrrole nitrogens is 1. The van der Waals surface area contributed by atoms with E-state index in [0.29, 0.717) is 22.1 Å². The maximum Gasteiger partial charge on any atom is 0.251 e. The fourth-order valence-electron chi connectivity index (χ4n) is 1.67. The van der Waals surface area contributed by atoms with Gasteiger partial charge in [-0.2, -0.15) is 5.26 Å². The van der Waals surface area contributed by atoms with E-state index in [0.717, 1.165) is 12.0 Å². The minimum Gasteiger partial charge on any atom is -0.457 e. The van der Waals surface area contributed by atoms with E-state index < -0.39 is 0 Å². The molecule has 1 N–H and O–H groups in total. The molecule has 2 aromatic rings. The Kier molecular flexibility index (Phi) is 3.88. The van der Waals surface area contributed by atoms with Crippen molar-refractivity contribution in [2.75, 3.05) is 0 Å². The second-order valence-corrected chi connectivity index (χ2v) is 4.37. The molecular formula is C14H11ClN2O2. The van der Waals surface area contributed by atoms with Gasteiger partial charge in [0.1, 0.15) is 11.5 Å². The Morgan fingerprint density at radius 3 is 2.84 bits per heavy atom. The summed E-state index contributed by atoms with van der Waals surface area (Å²) < 4.78 is 5.65. The SMILES string of the molecule is CCc1c[nH]c(=O)cc1Oc1cc(Cl)cc(C#N)c1. The van der Waals surface area contributed by atoms with Gasteiger partial charge >= 0.3 is 0 Å². The van der Waals surface area contributed by atoms with E-state index in [1.54, 1.807) is 24.4 Å². The van der Waals surface area contributed by atoms with Gasteiger partial charge < -0.3 is 9.72 Å². The van der Waals surface area contributed by atoms with Gasteiger partial charge in [-0.05, 0) is 24.6 Å². The van der Waals surface area contributed by atoms with E-state index in [1.165, 1.54) is 6.07 Å². The van der Waals surface area contributed by atoms with E-state index in [-0.39, 0.29) is 5.56 Å². The molecule has 19 heavy (non-hydrogen) atoms. The fraction of sp³-hybridized carbons (Fsp3) is 0.143. The van der Waals surface area contributed by atoms with Gasteiger partial charge in [-0.3, -0.25) is 4.79 Å². The van der Waals surface area contributed by atoms with Gasteiger partial charge in [-0.1, -0.05) is 18.5 Å². The van der Waals surface area contributed by atoms with Crippen LogP contribution in [0.3, 0.4) is 0 Å². The highest BCUT2D eigenvalue weighted by atomic mass is 35.5. The Bertz CT molecular complexity index is 701. The minimum absolute atomic E-state index is 0.241. The lowest BCUT2D eigenvalue weighted by molar-refractivity contribution is 0.475. The van der Waals surface area contributed by atoms with Crippen LogP contribution in [0.15, 0.2) is 35.3 Å². The van der Waals surface area contributed by atoms with E-state index >= 15 is 0 Å². The summed E-state index contributed by atoms with van der Waals surface area (Å²) in [5, 5.41) is 9.29. The number of aromatic amines is 1. The van der Waals surface area contributed by atoms with E-state index in [4.69, 9.17) is 21.6 Å². The molecule has 0 aliphatic rings. The average Bonchev–Trinajstić information content (AvgIpc) is 2.38. The second kappa shape index (κ2) is 5.59. The minimum atomic E-state index is -0.241.